The summed E-state index contributed by atoms with van der Waals surface area (Å²) in [5, 5.41) is 10.0. The van der Waals surface area contributed by atoms with E-state index >= 15 is 0 Å². The molecule has 13 aromatic rings. The maximum atomic E-state index is 2.54. The molecule has 0 saturated heterocycles. The van der Waals surface area contributed by atoms with Gasteiger partial charge in [0.05, 0.1) is 28.1 Å². The first kappa shape index (κ1) is 52.6. The minimum Gasteiger partial charge on any atom is -0.309 e. The van der Waals surface area contributed by atoms with Crippen molar-refractivity contribution in [3.05, 3.63) is 253 Å². The van der Waals surface area contributed by atoms with Gasteiger partial charge in [-0.2, -0.15) is 0 Å². The Bertz CT molecular complexity index is 4490. The number of nitrogens with zero attached hydrogens (tertiary/aromatic N) is 2. The molecule has 0 spiro atoms. The average molecular weight is 1060 g/mol. The Kier molecular flexibility index (Phi) is 12.5. The lowest BCUT2D eigenvalue weighted by molar-refractivity contribution is 0.590. The van der Waals surface area contributed by atoms with Crippen molar-refractivity contribution in [3.63, 3.8) is 0 Å². The fourth-order valence-corrected chi connectivity index (χ4v) is 12.6. The first-order valence-electron chi connectivity index (χ1n) is 29.4. The number of benzene rings is 12. The van der Waals surface area contributed by atoms with Crippen LogP contribution >= 0.6 is 0 Å². The molecule has 0 unspecified atom stereocenters. The first-order valence-corrected chi connectivity index (χ1v) is 29.4. The van der Waals surface area contributed by atoms with Crippen LogP contribution in [0.5, 0.6) is 0 Å². The number of rotatable bonds is 8. The van der Waals surface area contributed by atoms with Crippen molar-refractivity contribution in [1.29, 1.82) is 0 Å². The van der Waals surface area contributed by atoms with Crippen molar-refractivity contribution in [2.75, 3.05) is 4.90 Å². The van der Waals surface area contributed by atoms with Crippen molar-refractivity contribution in [3.8, 4) is 50.2 Å². The second-order valence-electron chi connectivity index (χ2n) is 27.1. The summed E-state index contributed by atoms with van der Waals surface area (Å²) in [7, 11) is 0. The zero-order chi connectivity index (χ0) is 57.0. The third-order valence-electron chi connectivity index (χ3n) is 17.4. The molecule has 0 saturated carbocycles. The van der Waals surface area contributed by atoms with E-state index in [0.29, 0.717) is 0 Å². The molecule has 404 valence electrons. The second-order valence-corrected chi connectivity index (χ2v) is 27.1. The molecule has 0 atom stereocenters. The summed E-state index contributed by atoms with van der Waals surface area (Å²) in [5.41, 5.74) is 21.9. The van der Waals surface area contributed by atoms with E-state index in [2.05, 4.69) is 323 Å². The van der Waals surface area contributed by atoms with Gasteiger partial charge >= 0.3 is 0 Å². The van der Waals surface area contributed by atoms with Gasteiger partial charge in [0.15, 0.2) is 0 Å². The molecule has 0 amide bonds. The highest BCUT2D eigenvalue weighted by atomic mass is 15.1. The van der Waals surface area contributed by atoms with Crippen LogP contribution in [0.4, 0.5) is 17.1 Å². The molecule has 0 fully saturated rings. The van der Waals surface area contributed by atoms with Crippen molar-refractivity contribution < 1.29 is 0 Å². The zero-order valence-corrected chi connectivity index (χ0v) is 49.8. The van der Waals surface area contributed by atoms with Gasteiger partial charge in [-0.05, 0) is 171 Å². The van der Waals surface area contributed by atoms with Crippen LogP contribution in [0.3, 0.4) is 0 Å². The number of fused-ring (bicyclic) bond motifs is 3. The van der Waals surface area contributed by atoms with Gasteiger partial charge in [-0.3, -0.25) is 0 Å². The number of hydrogen-bond donors (Lipinski definition) is 0. The minimum absolute atomic E-state index is 0.0112. The lowest BCUT2D eigenvalue weighted by Crippen LogP contribution is -2.15. The van der Waals surface area contributed by atoms with Crippen LogP contribution < -0.4 is 4.90 Å². The summed E-state index contributed by atoms with van der Waals surface area (Å²) in [6, 6.07) is 87.6. The third kappa shape index (κ3) is 9.23. The Balaban J connectivity index is 1.04. The van der Waals surface area contributed by atoms with Gasteiger partial charge in [0.25, 0.3) is 0 Å². The molecular weight excluding hydrogens is 989 g/mol. The SMILES string of the molecule is CC(C)(C)c1ccc(-c2ccccc2-c2ccc(N(c3ccc(C(C)(C)C)cc3-c3cccc(-c4ccccc4)c3)c3ccc4ccc5c(-n6c7ccc(C(C)(C)C)cc7c7cc(C(C)(C)C)ccc76)ccc6ccc3c4c65)cc2)cc1. The van der Waals surface area contributed by atoms with Crippen LogP contribution in [-0.4, -0.2) is 4.57 Å². The van der Waals surface area contributed by atoms with Gasteiger partial charge in [0.1, 0.15) is 0 Å². The Hall–Kier alpha value is -8.72. The minimum atomic E-state index is -0.0813. The quantitative estimate of drug-likeness (QED) is 0.138. The van der Waals surface area contributed by atoms with Gasteiger partial charge < -0.3 is 9.47 Å². The molecule has 0 aliphatic carbocycles. The lowest BCUT2D eigenvalue weighted by Gasteiger charge is -2.31. The van der Waals surface area contributed by atoms with Crippen LogP contribution in [0.15, 0.2) is 231 Å². The van der Waals surface area contributed by atoms with E-state index in [1.807, 2.05) is 0 Å². The van der Waals surface area contributed by atoms with Gasteiger partial charge in [-0.1, -0.05) is 247 Å². The monoisotopic (exact) mass is 1060 g/mol. The van der Waals surface area contributed by atoms with Gasteiger partial charge in [-0.25, -0.2) is 0 Å². The second kappa shape index (κ2) is 19.5. The van der Waals surface area contributed by atoms with Gasteiger partial charge in [0, 0.05) is 32.8 Å². The van der Waals surface area contributed by atoms with E-state index in [1.54, 1.807) is 0 Å². The molecule has 0 N–H and O–H groups in total. The zero-order valence-electron chi connectivity index (χ0n) is 49.8. The predicted molar refractivity (Wildman–Crippen MR) is 356 cm³/mol. The molecule has 2 heteroatoms. The van der Waals surface area contributed by atoms with Crippen molar-refractivity contribution >= 4 is 71.2 Å². The highest BCUT2D eigenvalue weighted by Crippen LogP contribution is 2.50. The molecular formula is C80H74N2. The number of hydrogen-bond acceptors (Lipinski definition) is 1. The average Bonchev–Trinajstić information content (AvgIpc) is 1.95. The van der Waals surface area contributed by atoms with Crippen LogP contribution in [0.1, 0.15) is 105 Å². The lowest BCUT2D eigenvalue weighted by atomic mass is 9.84. The van der Waals surface area contributed by atoms with E-state index in [9.17, 15) is 0 Å². The Morgan fingerprint density at radius 2 is 0.732 bits per heavy atom. The largest absolute Gasteiger partial charge is 0.309 e. The number of anilines is 3. The van der Waals surface area contributed by atoms with E-state index in [-0.39, 0.29) is 21.7 Å². The third-order valence-corrected chi connectivity index (χ3v) is 17.4. The Morgan fingerprint density at radius 3 is 1.32 bits per heavy atom. The molecule has 12 aromatic carbocycles. The van der Waals surface area contributed by atoms with Crippen molar-refractivity contribution in [2.45, 2.75) is 105 Å². The molecule has 1 aromatic heterocycles. The van der Waals surface area contributed by atoms with Crippen LogP contribution in [-0.2, 0) is 21.7 Å². The fraction of sp³-hybridized carbons (Fsp3) is 0.200. The van der Waals surface area contributed by atoms with Crippen LogP contribution in [0.25, 0.3) is 104 Å². The highest BCUT2D eigenvalue weighted by Gasteiger charge is 2.27. The smallest absolute Gasteiger partial charge is 0.0541 e. The predicted octanol–water partition coefficient (Wildman–Crippen LogP) is 23.0. The van der Waals surface area contributed by atoms with Crippen LogP contribution in [0, 0.1) is 0 Å². The molecule has 0 aliphatic heterocycles. The Labute approximate surface area is 485 Å². The van der Waals surface area contributed by atoms with Gasteiger partial charge in [-0.15, -0.1) is 0 Å². The van der Waals surface area contributed by atoms with E-state index in [0.717, 1.165) is 17.1 Å². The topological polar surface area (TPSA) is 8.17 Å². The summed E-state index contributed by atoms with van der Waals surface area (Å²) in [5.74, 6) is 0. The van der Waals surface area contributed by atoms with Crippen LogP contribution in [0.2, 0.25) is 0 Å². The standard InChI is InChI=1S/C80H74N2/c1-77(2,3)58-33-25-52(26-34-58)63-23-16-17-24-64(63)53-27-38-62(39-28-53)81(72-44-35-59(78(4,5)6)48-67(72)57-22-18-21-56(47-57)51-19-14-13-15-20-51)70-42-31-54-30-41-66-71(43-32-55-29-40-65(70)75(54)76(55)66)82-73-45-36-60(79(7,8)9)49-68(73)69-50-61(80(10,11)12)37-46-74(69)82/h13-50H,1-12H3. The molecule has 0 radical (unpaired) electrons. The van der Waals surface area contributed by atoms with Crippen molar-refractivity contribution in [1.82, 2.24) is 4.57 Å². The molecule has 13 rings (SSSR count). The molecule has 82 heavy (non-hydrogen) atoms. The maximum absolute atomic E-state index is 2.54. The van der Waals surface area contributed by atoms with E-state index < -0.39 is 0 Å². The molecule has 0 aliphatic rings. The summed E-state index contributed by atoms with van der Waals surface area (Å²) >= 11 is 0. The highest BCUT2D eigenvalue weighted by molar-refractivity contribution is 6.27. The van der Waals surface area contributed by atoms with E-state index in [1.165, 1.54) is 127 Å². The van der Waals surface area contributed by atoms with Gasteiger partial charge in [0.2, 0.25) is 0 Å². The summed E-state index contributed by atoms with van der Waals surface area (Å²) in [6.45, 7) is 27.7. The van der Waals surface area contributed by atoms with Crippen molar-refractivity contribution in [2.24, 2.45) is 0 Å². The summed E-state index contributed by atoms with van der Waals surface area (Å²) in [6.07, 6.45) is 0. The Morgan fingerprint density at radius 1 is 0.280 bits per heavy atom. The summed E-state index contributed by atoms with van der Waals surface area (Å²) < 4.78 is 2.54. The molecule has 1 heterocycles. The van der Waals surface area contributed by atoms with E-state index in [4.69, 9.17) is 0 Å². The normalized spacial score (nSPS) is 12.6. The first-order chi connectivity index (χ1) is 39.2. The number of aromatic nitrogens is 1. The maximum Gasteiger partial charge on any atom is 0.0541 e. The fourth-order valence-electron chi connectivity index (χ4n) is 12.6. The molecule has 0 bridgehead atoms. The summed E-state index contributed by atoms with van der Waals surface area (Å²) in [4.78, 5) is 2.54. The molecule has 2 nitrogen and oxygen atoms in total.